The van der Waals surface area contributed by atoms with Crippen molar-refractivity contribution in [3.05, 3.63) is 224 Å². The molecular formula is C54H37N. The first-order valence-corrected chi connectivity index (χ1v) is 18.9. The van der Waals surface area contributed by atoms with Gasteiger partial charge in [-0.15, -0.1) is 0 Å². The molecule has 0 N–H and O–H groups in total. The second-order valence-corrected chi connectivity index (χ2v) is 14.1. The molecule has 0 fully saturated rings. The molecule has 0 bridgehead atoms. The molecule has 258 valence electrons. The van der Waals surface area contributed by atoms with Crippen molar-refractivity contribution in [2.24, 2.45) is 0 Å². The first-order valence-electron chi connectivity index (χ1n) is 18.9. The molecule has 0 spiro atoms. The maximum Gasteiger partial charge on any atom is 0.0540 e. The molecule has 0 heterocycles. The maximum atomic E-state index is 2.41. The largest absolute Gasteiger partial charge is 0.310 e. The number of rotatable bonds is 7. The van der Waals surface area contributed by atoms with E-state index in [9.17, 15) is 0 Å². The van der Waals surface area contributed by atoms with Crippen molar-refractivity contribution >= 4 is 49.4 Å². The number of para-hydroxylation sites is 1. The predicted octanol–water partition coefficient (Wildman–Crippen LogP) is 15.3. The van der Waals surface area contributed by atoms with Crippen LogP contribution in [-0.2, 0) is 0 Å². The fraction of sp³-hybridized carbons (Fsp3) is 0. The van der Waals surface area contributed by atoms with Gasteiger partial charge in [0.15, 0.2) is 0 Å². The zero-order chi connectivity index (χ0) is 36.6. The summed E-state index contributed by atoms with van der Waals surface area (Å²) in [5, 5.41) is 7.52. The average Bonchev–Trinajstić information content (AvgIpc) is 3.27. The summed E-state index contributed by atoms with van der Waals surface area (Å²) in [6, 6.07) is 81.5. The van der Waals surface area contributed by atoms with Crippen LogP contribution in [0.25, 0.3) is 76.8 Å². The van der Waals surface area contributed by atoms with Crippen LogP contribution in [-0.4, -0.2) is 0 Å². The Morgan fingerprint density at radius 3 is 1.53 bits per heavy atom. The van der Waals surface area contributed by atoms with E-state index in [4.69, 9.17) is 0 Å². The van der Waals surface area contributed by atoms with E-state index in [1.165, 1.54) is 76.8 Å². The molecule has 0 saturated heterocycles. The molecule has 10 aromatic rings. The van der Waals surface area contributed by atoms with Crippen LogP contribution in [0.5, 0.6) is 0 Å². The molecule has 0 aliphatic carbocycles. The molecule has 10 aromatic carbocycles. The number of hydrogen-bond acceptors (Lipinski definition) is 1. The second-order valence-electron chi connectivity index (χ2n) is 14.1. The highest BCUT2D eigenvalue weighted by Crippen LogP contribution is 2.46. The summed E-state index contributed by atoms with van der Waals surface area (Å²) in [7, 11) is 0. The monoisotopic (exact) mass is 699 g/mol. The number of anilines is 3. The zero-order valence-corrected chi connectivity index (χ0v) is 30.3. The van der Waals surface area contributed by atoms with Crippen LogP contribution >= 0.6 is 0 Å². The van der Waals surface area contributed by atoms with Gasteiger partial charge in [-0.2, -0.15) is 0 Å². The van der Waals surface area contributed by atoms with Gasteiger partial charge in [0.25, 0.3) is 0 Å². The minimum Gasteiger partial charge on any atom is -0.310 e. The van der Waals surface area contributed by atoms with Gasteiger partial charge in [0.05, 0.1) is 5.69 Å². The summed E-state index contributed by atoms with van der Waals surface area (Å²) in [4.78, 5) is 2.41. The average molecular weight is 700 g/mol. The van der Waals surface area contributed by atoms with Crippen LogP contribution in [0, 0.1) is 0 Å². The van der Waals surface area contributed by atoms with E-state index in [2.05, 4.69) is 229 Å². The Balaban J connectivity index is 1.12. The Kier molecular flexibility index (Phi) is 8.24. The third-order valence-electron chi connectivity index (χ3n) is 10.9. The smallest absolute Gasteiger partial charge is 0.0540 e. The highest BCUT2D eigenvalue weighted by molar-refractivity contribution is 6.08. The van der Waals surface area contributed by atoms with E-state index in [0.717, 1.165) is 17.1 Å². The minimum absolute atomic E-state index is 1.10. The molecule has 10 rings (SSSR count). The third-order valence-corrected chi connectivity index (χ3v) is 10.9. The van der Waals surface area contributed by atoms with Gasteiger partial charge in [-0.3, -0.25) is 0 Å². The fourth-order valence-electron chi connectivity index (χ4n) is 8.18. The van der Waals surface area contributed by atoms with Gasteiger partial charge >= 0.3 is 0 Å². The molecule has 1 heteroatoms. The number of fused-ring (bicyclic) bond motifs is 4. The predicted molar refractivity (Wildman–Crippen MR) is 235 cm³/mol. The van der Waals surface area contributed by atoms with Gasteiger partial charge in [0, 0.05) is 16.9 Å². The summed E-state index contributed by atoms with van der Waals surface area (Å²) >= 11 is 0. The van der Waals surface area contributed by atoms with Crippen LogP contribution in [0.3, 0.4) is 0 Å². The molecule has 0 atom stereocenters. The van der Waals surface area contributed by atoms with Crippen molar-refractivity contribution in [3.63, 3.8) is 0 Å². The first-order chi connectivity index (χ1) is 27.3. The normalized spacial score (nSPS) is 11.3. The summed E-state index contributed by atoms with van der Waals surface area (Å²) in [6.07, 6.45) is 0. The zero-order valence-electron chi connectivity index (χ0n) is 30.3. The minimum atomic E-state index is 1.10. The summed E-state index contributed by atoms with van der Waals surface area (Å²) in [5.41, 5.74) is 12.9. The van der Waals surface area contributed by atoms with Crippen LogP contribution < -0.4 is 4.90 Å². The van der Waals surface area contributed by atoms with Crippen molar-refractivity contribution < 1.29 is 0 Å². The second kappa shape index (κ2) is 14.0. The van der Waals surface area contributed by atoms with Crippen molar-refractivity contribution in [2.45, 2.75) is 0 Å². The lowest BCUT2D eigenvalue weighted by Crippen LogP contribution is -2.11. The highest BCUT2D eigenvalue weighted by Gasteiger charge is 2.20. The van der Waals surface area contributed by atoms with Crippen molar-refractivity contribution in [1.82, 2.24) is 0 Å². The van der Waals surface area contributed by atoms with Crippen molar-refractivity contribution in [3.8, 4) is 44.5 Å². The Bertz CT molecular complexity index is 2980. The Labute approximate surface area is 322 Å². The number of benzene rings is 10. The standard InChI is InChI=1S/C54H37N/c1-2-15-40(16-3-1)48-20-8-9-21-50(48)51-22-10-11-23-52(51)53-24-12-13-25-54(53)55(46-34-30-38-14-4-5-18-42(38)37-46)45-32-28-39(29-33-45)43-31-35-49-44(36-43)27-26-41-17-6-7-19-47(41)49/h1-37H. The lowest BCUT2D eigenvalue weighted by atomic mass is 9.88. The molecule has 55 heavy (non-hydrogen) atoms. The molecule has 0 aliphatic rings. The van der Waals surface area contributed by atoms with Crippen LogP contribution in [0.2, 0.25) is 0 Å². The Morgan fingerprint density at radius 1 is 0.236 bits per heavy atom. The van der Waals surface area contributed by atoms with E-state index >= 15 is 0 Å². The van der Waals surface area contributed by atoms with E-state index in [0.29, 0.717) is 0 Å². The SMILES string of the molecule is c1ccc(-c2ccccc2-c2ccccc2-c2ccccc2N(c2ccc(-c3ccc4c(ccc5ccccc54)c3)cc2)c2ccc3ccccc3c2)cc1. The van der Waals surface area contributed by atoms with Gasteiger partial charge < -0.3 is 4.90 Å². The van der Waals surface area contributed by atoms with Gasteiger partial charge in [-0.25, -0.2) is 0 Å². The summed E-state index contributed by atoms with van der Waals surface area (Å²) in [5.74, 6) is 0. The van der Waals surface area contributed by atoms with Gasteiger partial charge in [0.1, 0.15) is 0 Å². The van der Waals surface area contributed by atoms with E-state index < -0.39 is 0 Å². The van der Waals surface area contributed by atoms with Crippen LogP contribution in [0.15, 0.2) is 224 Å². The maximum absolute atomic E-state index is 2.41. The number of hydrogen-bond donors (Lipinski definition) is 0. The molecular weight excluding hydrogens is 663 g/mol. The molecule has 0 aromatic heterocycles. The molecule has 0 aliphatic heterocycles. The lowest BCUT2D eigenvalue weighted by Gasteiger charge is -2.29. The fourth-order valence-corrected chi connectivity index (χ4v) is 8.18. The first kappa shape index (κ1) is 32.4. The van der Waals surface area contributed by atoms with Crippen molar-refractivity contribution in [1.29, 1.82) is 0 Å². The topological polar surface area (TPSA) is 3.24 Å². The third kappa shape index (κ3) is 6.02. The molecule has 0 radical (unpaired) electrons. The molecule has 1 nitrogen and oxygen atoms in total. The van der Waals surface area contributed by atoms with Gasteiger partial charge in [-0.05, 0) is 108 Å². The molecule has 0 amide bonds. The Hall–Kier alpha value is -7.22. The Morgan fingerprint density at radius 2 is 0.745 bits per heavy atom. The van der Waals surface area contributed by atoms with Crippen LogP contribution in [0.1, 0.15) is 0 Å². The van der Waals surface area contributed by atoms with E-state index in [1.807, 2.05) is 0 Å². The van der Waals surface area contributed by atoms with Gasteiger partial charge in [0.2, 0.25) is 0 Å². The molecule has 0 saturated carbocycles. The van der Waals surface area contributed by atoms with E-state index in [-0.39, 0.29) is 0 Å². The van der Waals surface area contributed by atoms with E-state index in [1.54, 1.807) is 0 Å². The van der Waals surface area contributed by atoms with Gasteiger partial charge in [-0.1, -0.05) is 188 Å². The summed E-state index contributed by atoms with van der Waals surface area (Å²) in [6.45, 7) is 0. The lowest BCUT2D eigenvalue weighted by molar-refractivity contribution is 1.29. The summed E-state index contributed by atoms with van der Waals surface area (Å²) < 4.78 is 0. The van der Waals surface area contributed by atoms with Crippen LogP contribution in [0.4, 0.5) is 17.1 Å². The highest BCUT2D eigenvalue weighted by atomic mass is 15.1. The molecule has 0 unspecified atom stereocenters. The number of nitrogens with zero attached hydrogens (tertiary/aromatic N) is 1. The van der Waals surface area contributed by atoms with Crippen molar-refractivity contribution in [2.75, 3.05) is 4.90 Å². The quantitative estimate of drug-likeness (QED) is 0.150.